The average molecular weight is 259 g/mol. The fourth-order valence-electron chi connectivity index (χ4n) is 1.56. The third kappa shape index (κ3) is 2.31. The molecule has 2 nitrogen and oxygen atoms in total. The Balaban J connectivity index is 2.50. The van der Waals surface area contributed by atoms with Gasteiger partial charge in [0.05, 0.1) is 15.7 Å². The summed E-state index contributed by atoms with van der Waals surface area (Å²) in [5.74, 6) is -0.643. The fraction of sp³-hybridized carbons (Fsp3) is 0.0714. The highest BCUT2D eigenvalue weighted by Gasteiger charge is 2.15. The van der Waals surface area contributed by atoms with Crippen LogP contribution in [0, 0.1) is 24.1 Å². The van der Waals surface area contributed by atoms with Crippen LogP contribution >= 0.6 is 0 Å². The van der Waals surface area contributed by atoms with Crippen LogP contribution in [0.1, 0.15) is 11.1 Å². The second-order valence-corrected chi connectivity index (χ2v) is 5.26. The zero-order valence-electron chi connectivity index (χ0n) is 9.68. The molecule has 2 aromatic carbocycles. The molecule has 0 heterocycles. The predicted molar refractivity (Wildman–Crippen MR) is 67.0 cm³/mol. The Morgan fingerprint density at radius 2 is 1.83 bits per heavy atom. The summed E-state index contributed by atoms with van der Waals surface area (Å²) in [5.41, 5.74) is 0.895. The molecule has 0 bridgehead atoms. The van der Waals surface area contributed by atoms with Crippen LogP contribution in [-0.4, -0.2) is 4.21 Å². The zero-order chi connectivity index (χ0) is 13.1. The minimum atomic E-state index is -1.54. The van der Waals surface area contributed by atoms with Crippen molar-refractivity contribution in [2.75, 3.05) is 0 Å². The molecule has 0 aliphatic carbocycles. The van der Waals surface area contributed by atoms with Gasteiger partial charge in [0.25, 0.3) is 0 Å². The number of benzene rings is 2. The highest BCUT2D eigenvalue weighted by Crippen LogP contribution is 2.22. The van der Waals surface area contributed by atoms with E-state index in [9.17, 15) is 8.60 Å². The van der Waals surface area contributed by atoms with Crippen molar-refractivity contribution in [3.63, 3.8) is 0 Å². The van der Waals surface area contributed by atoms with Gasteiger partial charge in [-0.3, -0.25) is 0 Å². The average Bonchev–Trinajstić information content (AvgIpc) is 2.38. The van der Waals surface area contributed by atoms with Crippen LogP contribution in [-0.2, 0) is 10.8 Å². The normalized spacial score (nSPS) is 11.8. The molecule has 0 aliphatic heterocycles. The first-order chi connectivity index (χ1) is 8.63. The summed E-state index contributed by atoms with van der Waals surface area (Å²) in [6.07, 6.45) is 0. The first-order valence-corrected chi connectivity index (χ1v) is 6.45. The molecule has 2 rings (SSSR count). The van der Waals surface area contributed by atoms with Gasteiger partial charge in [-0.2, -0.15) is 5.26 Å². The number of aryl methyl sites for hydroxylation is 1. The molecule has 0 aromatic heterocycles. The summed E-state index contributed by atoms with van der Waals surface area (Å²) >= 11 is 0. The van der Waals surface area contributed by atoms with Crippen molar-refractivity contribution in [1.82, 2.24) is 0 Å². The molecule has 90 valence electrons. The van der Waals surface area contributed by atoms with Gasteiger partial charge in [0.1, 0.15) is 17.4 Å². The van der Waals surface area contributed by atoms with Gasteiger partial charge in [-0.25, -0.2) is 8.60 Å². The molecule has 1 atom stereocenters. The lowest BCUT2D eigenvalue weighted by Crippen LogP contribution is -1.98. The standard InChI is InChI=1S/C14H10FNOS/c1-10-5-7-11(8-6-10)18(17)14-4-2-3-13(15)12(14)9-16/h2-8H,1H3/t18-/m1/s1. The minimum Gasteiger partial charge on any atom is -0.249 e. The van der Waals surface area contributed by atoms with E-state index >= 15 is 0 Å². The van der Waals surface area contributed by atoms with Crippen molar-refractivity contribution >= 4 is 10.8 Å². The van der Waals surface area contributed by atoms with Crippen LogP contribution in [0.4, 0.5) is 4.39 Å². The number of nitrogens with zero attached hydrogens (tertiary/aromatic N) is 1. The maximum Gasteiger partial charge on any atom is 0.142 e. The van der Waals surface area contributed by atoms with Gasteiger partial charge in [-0.15, -0.1) is 0 Å². The smallest absolute Gasteiger partial charge is 0.142 e. The first kappa shape index (κ1) is 12.5. The quantitative estimate of drug-likeness (QED) is 0.831. The van der Waals surface area contributed by atoms with E-state index in [1.165, 1.54) is 18.2 Å². The summed E-state index contributed by atoms with van der Waals surface area (Å²) in [6, 6.07) is 13.0. The van der Waals surface area contributed by atoms with Crippen molar-refractivity contribution in [3.8, 4) is 6.07 Å². The van der Waals surface area contributed by atoms with Crippen LogP contribution in [0.15, 0.2) is 52.3 Å². The van der Waals surface area contributed by atoms with Crippen LogP contribution in [0.25, 0.3) is 0 Å². The fourth-order valence-corrected chi connectivity index (χ4v) is 2.72. The van der Waals surface area contributed by atoms with Crippen molar-refractivity contribution in [1.29, 1.82) is 5.26 Å². The van der Waals surface area contributed by atoms with Gasteiger partial charge >= 0.3 is 0 Å². The lowest BCUT2D eigenvalue weighted by Gasteiger charge is -2.05. The van der Waals surface area contributed by atoms with Crippen molar-refractivity contribution in [2.24, 2.45) is 0 Å². The van der Waals surface area contributed by atoms with Gasteiger partial charge in [-0.1, -0.05) is 23.8 Å². The number of nitriles is 1. The zero-order valence-corrected chi connectivity index (χ0v) is 10.5. The van der Waals surface area contributed by atoms with E-state index in [0.717, 1.165) is 5.56 Å². The molecule has 0 radical (unpaired) electrons. The molecule has 4 heteroatoms. The highest BCUT2D eigenvalue weighted by molar-refractivity contribution is 7.85. The number of halogens is 1. The topological polar surface area (TPSA) is 40.9 Å². The Morgan fingerprint density at radius 1 is 1.17 bits per heavy atom. The van der Waals surface area contributed by atoms with Crippen molar-refractivity contribution in [2.45, 2.75) is 16.7 Å². The first-order valence-electron chi connectivity index (χ1n) is 5.30. The van der Waals surface area contributed by atoms with E-state index in [4.69, 9.17) is 5.26 Å². The molecular weight excluding hydrogens is 249 g/mol. The largest absolute Gasteiger partial charge is 0.249 e. The van der Waals surface area contributed by atoms with E-state index < -0.39 is 16.6 Å². The summed E-state index contributed by atoms with van der Waals surface area (Å²) in [6.45, 7) is 1.93. The third-order valence-corrected chi connectivity index (χ3v) is 3.96. The van der Waals surface area contributed by atoms with Gasteiger partial charge in [0.2, 0.25) is 0 Å². The molecule has 0 aliphatic rings. The van der Waals surface area contributed by atoms with Crippen LogP contribution in [0.3, 0.4) is 0 Å². The van der Waals surface area contributed by atoms with Gasteiger partial charge in [-0.05, 0) is 31.2 Å². The number of hydrogen-bond donors (Lipinski definition) is 0. The summed E-state index contributed by atoms with van der Waals surface area (Å²) in [4.78, 5) is 0.768. The molecule has 2 aromatic rings. The SMILES string of the molecule is Cc1ccc([S@@](=O)c2cccc(F)c2C#N)cc1. The van der Waals surface area contributed by atoms with E-state index in [1.807, 2.05) is 19.1 Å². The lowest BCUT2D eigenvalue weighted by atomic mass is 10.2. The molecule has 0 N–H and O–H groups in total. The molecule has 0 fully saturated rings. The highest BCUT2D eigenvalue weighted by atomic mass is 32.2. The Hall–Kier alpha value is -1.99. The van der Waals surface area contributed by atoms with Crippen LogP contribution in [0.5, 0.6) is 0 Å². The maximum absolute atomic E-state index is 13.4. The molecule has 0 spiro atoms. The Bertz CT molecular complexity index is 644. The second-order valence-electron chi connectivity index (χ2n) is 3.81. The molecule has 0 amide bonds. The summed E-state index contributed by atoms with van der Waals surface area (Å²) in [5, 5.41) is 8.91. The third-order valence-electron chi connectivity index (χ3n) is 2.52. The second kappa shape index (κ2) is 5.11. The molecule has 0 saturated carbocycles. The monoisotopic (exact) mass is 259 g/mol. The van der Waals surface area contributed by atoms with Crippen molar-refractivity contribution < 1.29 is 8.60 Å². The van der Waals surface area contributed by atoms with Crippen LogP contribution < -0.4 is 0 Å². The van der Waals surface area contributed by atoms with E-state index in [2.05, 4.69) is 0 Å². The molecule has 0 unspecified atom stereocenters. The van der Waals surface area contributed by atoms with Gasteiger partial charge in [0, 0.05) is 4.90 Å². The van der Waals surface area contributed by atoms with Crippen LogP contribution in [0.2, 0.25) is 0 Å². The van der Waals surface area contributed by atoms with E-state index in [1.54, 1.807) is 18.2 Å². The van der Waals surface area contributed by atoms with E-state index in [-0.39, 0.29) is 10.5 Å². The predicted octanol–water partition coefficient (Wildman–Crippen LogP) is 3.17. The minimum absolute atomic E-state index is 0.156. The summed E-state index contributed by atoms with van der Waals surface area (Å²) < 4.78 is 25.7. The Kier molecular flexibility index (Phi) is 3.54. The number of rotatable bonds is 2. The summed E-state index contributed by atoms with van der Waals surface area (Å²) in [7, 11) is -1.54. The Morgan fingerprint density at radius 3 is 2.44 bits per heavy atom. The lowest BCUT2D eigenvalue weighted by molar-refractivity contribution is 0.618. The number of hydrogen-bond acceptors (Lipinski definition) is 2. The van der Waals surface area contributed by atoms with E-state index in [0.29, 0.717) is 4.90 Å². The Labute approximate surface area is 107 Å². The van der Waals surface area contributed by atoms with Gasteiger partial charge < -0.3 is 0 Å². The van der Waals surface area contributed by atoms with Gasteiger partial charge in [0.15, 0.2) is 0 Å². The molecular formula is C14H10FNOS. The molecule has 18 heavy (non-hydrogen) atoms. The molecule has 0 saturated heterocycles. The maximum atomic E-state index is 13.4. The van der Waals surface area contributed by atoms with Crippen molar-refractivity contribution in [3.05, 3.63) is 59.4 Å².